The van der Waals surface area contributed by atoms with Gasteiger partial charge in [-0.1, -0.05) is 6.07 Å². The van der Waals surface area contributed by atoms with Crippen LogP contribution in [0.5, 0.6) is 11.5 Å². The number of carbonyl (C=O) groups excluding carboxylic acids is 1. The van der Waals surface area contributed by atoms with Crippen molar-refractivity contribution in [3.05, 3.63) is 77.1 Å². The first-order valence-corrected chi connectivity index (χ1v) is 10.6. The number of hydrogen-bond acceptors (Lipinski definition) is 5. The lowest BCUT2D eigenvalue weighted by Gasteiger charge is -2.11. The molecule has 0 aliphatic heterocycles. The minimum Gasteiger partial charge on any atom is -0.493 e. The third kappa shape index (κ3) is 4.75. The Kier molecular flexibility index (Phi) is 6.18. The van der Waals surface area contributed by atoms with Crippen LogP contribution in [0.3, 0.4) is 0 Å². The number of nitrogens with zero attached hydrogens (tertiary/aromatic N) is 1. The van der Waals surface area contributed by atoms with E-state index >= 15 is 0 Å². The maximum atomic E-state index is 11.3. The van der Waals surface area contributed by atoms with Crippen molar-refractivity contribution in [1.29, 1.82) is 0 Å². The largest absolute Gasteiger partial charge is 0.493 e. The van der Waals surface area contributed by atoms with Gasteiger partial charge in [-0.15, -0.1) is 0 Å². The van der Waals surface area contributed by atoms with E-state index in [9.17, 15) is 4.79 Å². The second-order valence-corrected chi connectivity index (χ2v) is 7.86. The topological polar surface area (TPSA) is 73.1 Å². The van der Waals surface area contributed by atoms with Crippen molar-refractivity contribution in [2.75, 3.05) is 19.5 Å². The fourth-order valence-corrected chi connectivity index (χ4v) is 3.86. The van der Waals surface area contributed by atoms with E-state index in [0.29, 0.717) is 17.3 Å². The molecule has 1 amide bonds. The van der Waals surface area contributed by atoms with Gasteiger partial charge in [-0.3, -0.25) is 4.79 Å². The highest BCUT2D eigenvalue weighted by molar-refractivity contribution is 5.88. The van der Waals surface area contributed by atoms with Gasteiger partial charge in [0.1, 0.15) is 11.3 Å². The normalized spacial score (nSPS) is 11.5. The van der Waals surface area contributed by atoms with E-state index in [2.05, 4.69) is 18.3 Å². The molecule has 33 heavy (non-hydrogen) atoms. The number of amides is 1. The molecule has 0 fully saturated rings. The van der Waals surface area contributed by atoms with Crippen LogP contribution in [0.2, 0.25) is 0 Å². The van der Waals surface area contributed by atoms with Crippen molar-refractivity contribution in [2.24, 2.45) is 4.99 Å². The summed E-state index contributed by atoms with van der Waals surface area (Å²) in [5.74, 6) is 1.83. The summed E-state index contributed by atoms with van der Waals surface area (Å²) in [6.07, 6.45) is 0. The predicted molar refractivity (Wildman–Crippen MR) is 130 cm³/mol. The Morgan fingerprint density at radius 3 is 2.30 bits per heavy atom. The van der Waals surface area contributed by atoms with Gasteiger partial charge in [0.05, 0.1) is 25.3 Å². The number of nitrogens with one attached hydrogen (secondary N) is 1. The van der Waals surface area contributed by atoms with Crippen molar-refractivity contribution in [3.63, 3.8) is 0 Å². The van der Waals surface area contributed by atoms with Crippen LogP contribution in [0.15, 0.2) is 70.1 Å². The Labute approximate surface area is 192 Å². The summed E-state index contributed by atoms with van der Waals surface area (Å²) in [7, 11) is 3.22. The standard InChI is InChI=1S/C27H26N2O4/c1-16-12-17(2)27-22(29-21-9-7-20(8-10-21)28-18(3)30)15-24(33-26(27)13-16)19-6-11-23(31-4)25(14-19)32-5/h6-15H,1-5H3,(H,28,30). The van der Waals surface area contributed by atoms with Crippen LogP contribution >= 0.6 is 0 Å². The van der Waals surface area contributed by atoms with E-state index in [4.69, 9.17) is 18.9 Å². The molecule has 1 N–H and O–H groups in total. The molecule has 1 heterocycles. The summed E-state index contributed by atoms with van der Waals surface area (Å²) in [5.41, 5.74) is 5.31. The minimum absolute atomic E-state index is 0.110. The Bertz CT molecular complexity index is 1400. The summed E-state index contributed by atoms with van der Waals surface area (Å²) in [5, 5.41) is 4.53. The number of rotatable bonds is 5. The maximum Gasteiger partial charge on any atom is 0.221 e. The van der Waals surface area contributed by atoms with Crippen molar-refractivity contribution in [3.8, 4) is 22.8 Å². The SMILES string of the molecule is COc1ccc(-c2cc(=Nc3ccc(NC(C)=O)cc3)c3c(C)cc(C)cc3o2)cc1OC. The van der Waals surface area contributed by atoms with Crippen LogP contribution in [-0.2, 0) is 4.79 Å². The monoisotopic (exact) mass is 442 g/mol. The van der Waals surface area contributed by atoms with E-state index in [1.165, 1.54) is 6.92 Å². The van der Waals surface area contributed by atoms with E-state index in [-0.39, 0.29) is 5.91 Å². The van der Waals surface area contributed by atoms with Crippen molar-refractivity contribution < 1.29 is 18.7 Å². The molecule has 0 unspecified atom stereocenters. The van der Waals surface area contributed by atoms with Crippen LogP contribution in [0, 0.1) is 13.8 Å². The van der Waals surface area contributed by atoms with E-state index in [0.717, 1.165) is 44.4 Å². The summed E-state index contributed by atoms with van der Waals surface area (Å²) < 4.78 is 17.2. The van der Waals surface area contributed by atoms with Gasteiger partial charge in [0.15, 0.2) is 11.5 Å². The second-order valence-electron chi connectivity index (χ2n) is 7.86. The molecule has 4 rings (SSSR count). The molecule has 6 heteroatoms. The Hall–Kier alpha value is -4.06. The van der Waals surface area contributed by atoms with Gasteiger partial charge >= 0.3 is 0 Å². The van der Waals surface area contributed by atoms with E-state index in [1.54, 1.807) is 14.2 Å². The summed E-state index contributed by atoms with van der Waals surface area (Å²) in [6.45, 7) is 5.58. The zero-order valence-corrected chi connectivity index (χ0v) is 19.4. The first-order chi connectivity index (χ1) is 15.9. The number of ether oxygens (including phenoxy) is 2. The smallest absolute Gasteiger partial charge is 0.221 e. The molecule has 168 valence electrons. The molecular formula is C27H26N2O4. The number of fused-ring (bicyclic) bond motifs is 1. The molecule has 4 aromatic rings. The van der Waals surface area contributed by atoms with E-state index < -0.39 is 0 Å². The molecule has 0 atom stereocenters. The lowest BCUT2D eigenvalue weighted by atomic mass is 10.0. The zero-order valence-electron chi connectivity index (χ0n) is 19.4. The Balaban J connectivity index is 1.91. The van der Waals surface area contributed by atoms with Gasteiger partial charge in [-0.05, 0) is 73.5 Å². The summed E-state index contributed by atoms with van der Waals surface area (Å²) >= 11 is 0. The molecule has 0 bridgehead atoms. The lowest BCUT2D eigenvalue weighted by Crippen LogP contribution is -2.06. The van der Waals surface area contributed by atoms with Gasteiger partial charge in [-0.2, -0.15) is 0 Å². The highest BCUT2D eigenvalue weighted by Crippen LogP contribution is 2.33. The fraction of sp³-hybridized carbons (Fsp3) is 0.185. The number of benzene rings is 3. The molecule has 6 nitrogen and oxygen atoms in total. The highest BCUT2D eigenvalue weighted by Gasteiger charge is 2.12. The molecule has 3 aromatic carbocycles. The number of hydrogen-bond donors (Lipinski definition) is 1. The van der Waals surface area contributed by atoms with Gasteiger partial charge in [-0.25, -0.2) is 4.99 Å². The third-order valence-corrected chi connectivity index (χ3v) is 5.29. The van der Waals surface area contributed by atoms with Gasteiger partial charge < -0.3 is 19.2 Å². The van der Waals surface area contributed by atoms with Crippen LogP contribution < -0.4 is 20.1 Å². The van der Waals surface area contributed by atoms with Crippen molar-refractivity contribution in [1.82, 2.24) is 0 Å². The molecular weight excluding hydrogens is 416 g/mol. The van der Waals surface area contributed by atoms with Crippen molar-refractivity contribution >= 4 is 28.3 Å². The summed E-state index contributed by atoms with van der Waals surface area (Å²) in [4.78, 5) is 16.2. The van der Waals surface area contributed by atoms with Crippen LogP contribution in [0.25, 0.3) is 22.3 Å². The van der Waals surface area contributed by atoms with E-state index in [1.807, 2.05) is 61.5 Å². The minimum atomic E-state index is -0.110. The number of anilines is 1. The molecule has 1 aromatic heterocycles. The molecule has 0 saturated carbocycles. The molecule has 0 saturated heterocycles. The lowest BCUT2D eigenvalue weighted by molar-refractivity contribution is -0.114. The predicted octanol–water partition coefficient (Wildman–Crippen LogP) is 5.92. The average Bonchev–Trinajstić information content (AvgIpc) is 2.78. The van der Waals surface area contributed by atoms with Crippen molar-refractivity contribution in [2.45, 2.75) is 20.8 Å². The summed E-state index contributed by atoms with van der Waals surface area (Å²) in [6, 6.07) is 19.2. The molecule has 0 radical (unpaired) electrons. The van der Waals surface area contributed by atoms with Gasteiger partial charge in [0.25, 0.3) is 0 Å². The quantitative estimate of drug-likeness (QED) is 0.416. The van der Waals surface area contributed by atoms with Crippen LogP contribution in [0.1, 0.15) is 18.1 Å². The highest BCUT2D eigenvalue weighted by atomic mass is 16.5. The first-order valence-electron chi connectivity index (χ1n) is 10.6. The van der Waals surface area contributed by atoms with Gasteiger partial charge in [0, 0.05) is 29.6 Å². The fourth-order valence-electron chi connectivity index (χ4n) is 3.86. The third-order valence-electron chi connectivity index (χ3n) is 5.29. The Morgan fingerprint density at radius 1 is 0.909 bits per heavy atom. The number of aryl methyl sites for hydroxylation is 2. The Morgan fingerprint density at radius 2 is 1.64 bits per heavy atom. The molecule has 0 aliphatic carbocycles. The van der Waals surface area contributed by atoms with Crippen LogP contribution in [-0.4, -0.2) is 20.1 Å². The number of methoxy groups -OCH3 is 2. The van der Waals surface area contributed by atoms with Crippen LogP contribution in [0.4, 0.5) is 11.4 Å². The maximum absolute atomic E-state index is 11.3. The zero-order chi connectivity index (χ0) is 23.5. The second kappa shape index (κ2) is 9.20. The van der Waals surface area contributed by atoms with Gasteiger partial charge in [0.2, 0.25) is 5.91 Å². The molecule has 0 aliphatic rings. The average molecular weight is 443 g/mol. The first kappa shape index (κ1) is 22.1. The number of carbonyl (C=O) groups is 1. The molecule has 0 spiro atoms.